The van der Waals surface area contributed by atoms with Crippen LogP contribution in [0, 0.1) is 0 Å². The van der Waals surface area contributed by atoms with Crippen molar-refractivity contribution in [2.75, 3.05) is 19.6 Å². The maximum atomic E-state index is 11.1. The maximum Gasteiger partial charge on any atom is 0.219 e. The summed E-state index contributed by atoms with van der Waals surface area (Å²) in [5.41, 5.74) is 0. The largest absolute Gasteiger partial charge is 0.341 e. The summed E-state index contributed by atoms with van der Waals surface area (Å²) in [5, 5.41) is 3.46. The van der Waals surface area contributed by atoms with Crippen molar-refractivity contribution < 1.29 is 4.79 Å². The molecule has 76 valence electrons. The van der Waals surface area contributed by atoms with Crippen molar-refractivity contribution in [3.8, 4) is 0 Å². The van der Waals surface area contributed by atoms with Gasteiger partial charge in [-0.1, -0.05) is 6.92 Å². The minimum atomic E-state index is 0.211. The SMILES string of the molecule is CCCNC1CCCN(C(C)=O)C1. The first-order valence-electron chi connectivity index (χ1n) is 5.23. The monoisotopic (exact) mass is 184 g/mol. The summed E-state index contributed by atoms with van der Waals surface area (Å²) in [7, 11) is 0. The number of amides is 1. The fraction of sp³-hybridized carbons (Fsp3) is 0.900. The average Bonchev–Trinajstić information content (AvgIpc) is 2.15. The summed E-state index contributed by atoms with van der Waals surface area (Å²) < 4.78 is 0. The van der Waals surface area contributed by atoms with Gasteiger partial charge >= 0.3 is 0 Å². The van der Waals surface area contributed by atoms with Crippen molar-refractivity contribution in [3.05, 3.63) is 0 Å². The Morgan fingerprint density at radius 3 is 3.00 bits per heavy atom. The summed E-state index contributed by atoms with van der Waals surface area (Å²) in [5.74, 6) is 0.211. The van der Waals surface area contributed by atoms with Gasteiger partial charge in [-0.2, -0.15) is 0 Å². The number of piperidine rings is 1. The molecule has 0 aliphatic carbocycles. The van der Waals surface area contributed by atoms with Crippen molar-refractivity contribution in [3.63, 3.8) is 0 Å². The topological polar surface area (TPSA) is 32.3 Å². The molecule has 1 aliphatic rings. The second kappa shape index (κ2) is 5.22. The van der Waals surface area contributed by atoms with Crippen LogP contribution in [0.5, 0.6) is 0 Å². The lowest BCUT2D eigenvalue weighted by atomic mass is 10.1. The van der Waals surface area contributed by atoms with E-state index >= 15 is 0 Å². The number of hydrogen-bond acceptors (Lipinski definition) is 2. The van der Waals surface area contributed by atoms with Crippen LogP contribution in [-0.2, 0) is 4.79 Å². The lowest BCUT2D eigenvalue weighted by Crippen LogP contribution is -2.47. The minimum Gasteiger partial charge on any atom is -0.341 e. The standard InChI is InChI=1S/C10H20N2O/c1-3-6-11-10-5-4-7-12(8-10)9(2)13/h10-11H,3-8H2,1-2H3. The van der Waals surface area contributed by atoms with Gasteiger partial charge in [-0.3, -0.25) is 4.79 Å². The Bertz CT molecular complexity index is 170. The van der Waals surface area contributed by atoms with Crippen LogP contribution in [0.3, 0.4) is 0 Å². The molecular weight excluding hydrogens is 164 g/mol. The highest BCUT2D eigenvalue weighted by Crippen LogP contribution is 2.09. The Balaban J connectivity index is 2.29. The van der Waals surface area contributed by atoms with Crippen LogP contribution < -0.4 is 5.32 Å². The number of nitrogens with one attached hydrogen (secondary N) is 1. The minimum absolute atomic E-state index is 0.211. The lowest BCUT2D eigenvalue weighted by molar-refractivity contribution is -0.130. The van der Waals surface area contributed by atoms with E-state index in [-0.39, 0.29) is 5.91 Å². The second-order valence-electron chi connectivity index (χ2n) is 3.76. The Hall–Kier alpha value is -0.570. The zero-order chi connectivity index (χ0) is 9.68. The van der Waals surface area contributed by atoms with Gasteiger partial charge in [0.05, 0.1) is 0 Å². The molecule has 3 heteroatoms. The Morgan fingerprint density at radius 2 is 2.38 bits per heavy atom. The third kappa shape index (κ3) is 3.35. The third-order valence-electron chi connectivity index (χ3n) is 2.55. The van der Waals surface area contributed by atoms with Crippen LogP contribution >= 0.6 is 0 Å². The molecule has 1 unspecified atom stereocenters. The zero-order valence-corrected chi connectivity index (χ0v) is 8.68. The summed E-state index contributed by atoms with van der Waals surface area (Å²) in [6, 6.07) is 0.526. The van der Waals surface area contributed by atoms with Crippen LogP contribution in [-0.4, -0.2) is 36.5 Å². The fourth-order valence-electron chi connectivity index (χ4n) is 1.78. The number of nitrogens with zero attached hydrogens (tertiary/aromatic N) is 1. The van der Waals surface area contributed by atoms with Gasteiger partial charge in [-0.25, -0.2) is 0 Å². The highest BCUT2D eigenvalue weighted by Gasteiger charge is 2.20. The molecule has 1 fully saturated rings. The molecule has 0 aromatic rings. The number of carbonyl (C=O) groups excluding carboxylic acids is 1. The molecule has 1 amide bonds. The Morgan fingerprint density at radius 1 is 1.62 bits per heavy atom. The smallest absolute Gasteiger partial charge is 0.219 e. The molecule has 1 N–H and O–H groups in total. The van der Waals surface area contributed by atoms with E-state index in [4.69, 9.17) is 0 Å². The lowest BCUT2D eigenvalue weighted by Gasteiger charge is -2.32. The van der Waals surface area contributed by atoms with Crippen LogP contribution in [0.15, 0.2) is 0 Å². The molecule has 13 heavy (non-hydrogen) atoms. The van der Waals surface area contributed by atoms with E-state index in [2.05, 4.69) is 12.2 Å². The molecule has 1 atom stereocenters. The van der Waals surface area contributed by atoms with Crippen molar-refractivity contribution in [2.45, 2.75) is 39.2 Å². The highest BCUT2D eigenvalue weighted by molar-refractivity contribution is 5.73. The Kier molecular flexibility index (Phi) is 4.22. The first-order chi connectivity index (χ1) is 6.24. The summed E-state index contributed by atoms with van der Waals surface area (Å²) in [6.07, 6.45) is 3.52. The molecule has 3 nitrogen and oxygen atoms in total. The average molecular weight is 184 g/mol. The maximum absolute atomic E-state index is 11.1. The van der Waals surface area contributed by atoms with Gasteiger partial charge in [0.2, 0.25) is 5.91 Å². The normalized spacial score (nSPS) is 23.2. The summed E-state index contributed by atoms with van der Waals surface area (Å²) in [6.45, 7) is 6.73. The first-order valence-corrected chi connectivity index (χ1v) is 5.23. The van der Waals surface area contributed by atoms with Gasteiger partial charge < -0.3 is 10.2 Å². The third-order valence-corrected chi connectivity index (χ3v) is 2.55. The summed E-state index contributed by atoms with van der Waals surface area (Å²) >= 11 is 0. The first kappa shape index (κ1) is 10.5. The number of likely N-dealkylation sites (tertiary alicyclic amines) is 1. The molecule has 0 aromatic carbocycles. The van der Waals surface area contributed by atoms with E-state index in [1.165, 1.54) is 6.42 Å². The number of hydrogen-bond donors (Lipinski definition) is 1. The fourth-order valence-corrected chi connectivity index (χ4v) is 1.78. The Labute approximate surface area is 80.5 Å². The molecule has 1 saturated heterocycles. The predicted molar refractivity (Wildman–Crippen MR) is 53.6 cm³/mol. The molecule has 1 rings (SSSR count). The van der Waals surface area contributed by atoms with Crippen LogP contribution in [0.25, 0.3) is 0 Å². The molecule has 0 aromatic heterocycles. The molecular formula is C10H20N2O. The van der Waals surface area contributed by atoms with E-state index < -0.39 is 0 Å². The van der Waals surface area contributed by atoms with Crippen molar-refractivity contribution >= 4 is 5.91 Å². The van der Waals surface area contributed by atoms with Crippen LogP contribution in [0.2, 0.25) is 0 Å². The van der Waals surface area contributed by atoms with Crippen LogP contribution in [0.4, 0.5) is 0 Å². The van der Waals surface area contributed by atoms with E-state index in [0.29, 0.717) is 6.04 Å². The van der Waals surface area contributed by atoms with Crippen molar-refractivity contribution in [2.24, 2.45) is 0 Å². The zero-order valence-electron chi connectivity index (χ0n) is 8.68. The predicted octanol–water partition coefficient (Wildman–Crippen LogP) is 0.997. The van der Waals surface area contributed by atoms with Gasteiger partial charge in [0.15, 0.2) is 0 Å². The van der Waals surface area contributed by atoms with E-state index in [1.54, 1.807) is 6.92 Å². The highest BCUT2D eigenvalue weighted by atomic mass is 16.2. The number of carbonyl (C=O) groups is 1. The molecule has 1 aliphatic heterocycles. The second-order valence-corrected chi connectivity index (χ2v) is 3.76. The quantitative estimate of drug-likeness (QED) is 0.709. The van der Waals surface area contributed by atoms with Crippen molar-refractivity contribution in [1.82, 2.24) is 10.2 Å². The van der Waals surface area contributed by atoms with Gasteiger partial charge in [0.1, 0.15) is 0 Å². The molecule has 0 saturated carbocycles. The molecule has 0 radical (unpaired) electrons. The van der Waals surface area contributed by atoms with Gasteiger partial charge in [-0.05, 0) is 25.8 Å². The summed E-state index contributed by atoms with van der Waals surface area (Å²) in [4.78, 5) is 13.1. The van der Waals surface area contributed by atoms with Gasteiger partial charge in [0, 0.05) is 26.1 Å². The van der Waals surface area contributed by atoms with Crippen molar-refractivity contribution in [1.29, 1.82) is 0 Å². The molecule has 1 heterocycles. The molecule has 0 bridgehead atoms. The van der Waals surface area contributed by atoms with Gasteiger partial charge in [-0.15, -0.1) is 0 Å². The van der Waals surface area contributed by atoms with E-state index in [1.807, 2.05) is 4.90 Å². The number of rotatable bonds is 3. The van der Waals surface area contributed by atoms with Crippen LogP contribution in [0.1, 0.15) is 33.1 Å². The van der Waals surface area contributed by atoms with Gasteiger partial charge in [0.25, 0.3) is 0 Å². The van der Waals surface area contributed by atoms with E-state index in [9.17, 15) is 4.79 Å². The molecule has 0 spiro atoms. The van der Waals surface area contributed by atoms with E-state index in [0.717, 1.165) is 32.5 Å².